The van der Waals surface area contributed by atoms with E-state index in [0.29, 0.717) is 5.56 Å². The third kappa shape index (κ3) is 4.92. The van der Waals surface area contributed by atoms with Gasteiger partial charge in [-0.3, -0.25) is 9.78 Å². The first-order chi connectivity index (χ1) is 14.4. The van der Waals surface area contributed by atoms with Crippen LogP contribution in [-0.2, 0) is 5.41 Å². The molecule has 0 spiro atoms. The molecule has 1 amide bonds. The van der Waals surface area contributed by atoms with Crippen molar-refractivity contribution < 1.29 is 4.79 Å². The molecule has 4 nitrogen and oxygen atoms in total. The highest BCUT2D eigenvalue weighted by molar-refractivity contribution is 7.21. The Balaban J connectivity index is 0.00000124. The smallest absolute Gasteiger partial charge is 0.255 e. The molecule has 0 unspecified atom stereocenters. The van der Waals surface area contributed by atoms with E-state index in [9.17, 15) is 4.79 Å². The molecule has 0 atom stereocenters. The number of carbonyl (C=O) groups is 1. The van der Waals surface area contributed by atoms with Gasteiger partial charge < -0.3 is 5.32 Å². The normalized spacial score (nSPS) is 11.0. The third-order valence-electron chi connectivity index (χ3n) is 4.57. The van der Waals surface area contributed by atoms with Crippen molar-refractivity contribution in [3.05, 3.63) is 78.1 Å². The molecule has 5 heteroatoms. The van der Waals surface area contributed by atoms with Crippen LogP contribution in [0.5, 0.6) is 0 Å². The van der Waals surface area contributed by atoms with E-state index in [1.54, 1.807) is 17.5 Å². The maximum Gasteiger partial charge on any atom is 0.255 e. The lowest BCUT2D eigenvalue weighted by atomic mass is 9.87. The van der Waals surface area contributed by atoms with Crippen LogP contribution >= 0.6 is 11.3 Å². The van der Waals surface area contributed by atoms with Crippen molar-refractivity contribution in [2.45, 2.75) is 40.0 Å². The fraction of sp³-hybridized carbons (Fsp3) is 0.240. The average molecular weight is 418 g/mol. The van der Waals surface area contributed by atoms with E-state index in [2.05, 4.69) is 36.1 Å². The fourth-order valence-corrected chi connectivity index (χ4v) is 3.89. The zero-order valence-electron chi connectivity index (χ0n) is 18.1. The Morgan fingerprint density at radius 3 is 2.40 bits per heavy atom. The van der Waals surface area contributed by atoms with Crippen LogP contribution < -0.4 is 5.32 Å². The number of hydrogen-bond donors (Lipinski definition) is 1. The molecule has 0 aliphatic carbocycles. The summed E-state index contributed by atoms with van der Waals surface area (Å²) in [5.41, 5.74) is 4.57. The number of anilines is 1. The number of hydrogen-bond acceptors (Lipinski definition) is 4. The summed E-state index contributed by atoms with van der Waals surface area (Å²) in [5, 5.41) is 3.90. The summed E-state index contributed by atoms with van der Waals surface area (Å²) in [6, 6.07) is 17.5. The van der Waals surface area contributed by atoms with Crippen LogP contribution in [0.15, 0.2) is 67.0 Å². The number of nitrogens with one attached hydrogen (secondary N) is 1. The second-order valence-corrected chi connectivity index (χ2v) is 8.76. The largest absolute Gasteiger partial charge is 0.322 e. The highest BCUT2D eigenvalue weighted by atomic mass is 32.1. The number of amides is 1. The lowest BCUT2D eigenvalue weighted by molar-refractivity contribution is 0.102. The molecule has 4 rings (SSSR count). The highest BCUT2D eigenvalue weighted by Crippen LogP contribution is 2.31. The molecule has 0 fully saturated rings. The van der Waals surface area contributed by atoms with E-state index in [4.69, 9.17) is 0 Å². The molecule has 30 heavy (non-hydrogen) atoms. The number of benzene rings is 2. The maximum absolute atomic E-state index is 12.6. The van der Waals surface area contributed by atoms with Gasteiger partial charge in [-0.05, 0) is 41.3 Å². The van der Waals surface area contributed by atoms with E-state index in [0.717, 1.165) is 26.5 Å². The molecule has 2 heterocycles. The standard InChI is InChI=1S/C23H21N3OS.C2H6/c1-23(2,3)17-9-7-15(8-10-17)21(27)25-18-6-4-5-16(13-18)22-26-19-11-12-24-14-20(19)28-22;1-2/h4-14H,1-3H3,(H,25,27);1-2H3. The number of thiazole rings is 1. The summed E-state index contributed by atoms with van der Waals surface area (Å²) in [7, 11) is 0. The first kappa shape index (κ1) is 21.7. The number of carbonyl (C=O) groups excluding carboxylic acids is 1. The molecule has 1 N–H and O–H groups in total. The van der Waals surface area contributed by atoms with E-state index < -0.39 is 0 Å². The van der Waals surface area contributed by atoms with Crippen LogP contribution in [0.1, 0.15) is 50.5 Å². The fourth-order valence-electron chi connectivity index (χ4n) is 2.96. The van der Waals surface area contributed by atoms with Crippen LogP contribution in [-0.4, -0.2) is 15.9 Å². The maximum atomic E-state index is 12.6. The lowest BCUT2D eigenvalue weighted by Gasteiger charge is -2.19. The second kappa shape index (κ2) is 9.18. The van der Waals surface area contributed by atoms with Crippen molar-refractivity contribution in [1.82, 2.24) is 9.97 Å². The van der Waals surface area contributed by atoms with Gasteiger partial charge in [-0.2, -0.15) is 0 Å². The zero-order valence-corrected chi connectivity index (χ0v) is 18.9. The molecule has 0 saturated heterocycles. The number of rotatable bonds is 3. The SMILES string of the molecule is CC.CC(C)(C)c1ccc(C(=O)Nc2cccc(-c3nc4ccncc4s3)c2)cc1. The van der Waals surface area contributed by atoms with E-state index >= 15 is 0 Å². The minimum Gasteiger partial charge on any atom is -0.322 e. The Morgan fingerprint density at radius 1 is 1.00 bits per heavy atom. The van der Waals surface area contributed by atoms with Crippen LogP contribution in [0.4, 0.5) is 5.69 Å². The summed E-state index contributed by atoms with van der Waals surface area (Å²) < 4.78 is 1.05. The van der Waals surface area contributed by atoms with Gasteiger partial charge in [-0.25, -0.2) is 4.98 Å². The topological polar surface area (TPSA) is 54.9 Å². The Hall–Kier alpha value is -3.05. The predicted octanol–water partition coefficient (Wildman–Crippen LogP) is 6.93. The van der Waals surface area contributed by atoms with Gasteiger partial charge in [-0.1, -0.05) is 58.9 Å². The van der Waals surface area contributed by atoms with Crippen LogP contribution in [0.25, 0.3) is 20.8 Å². The van der Waals surface area contributed by atoms with Crippen LogP contribution in [0.2, 0.25) is 0 Å². The van der Waals surface area contributed by atoms with Crippen molar-refractivity contribution >= 4 is 33.1 Å². The van der Waals surface area contributed by atoms with Gasteiger partial charge in [0, 0.05) is 29.2 Å². The molecule has 0 bridgehead atoms. The Morgan fingerprint density at radius 2 is 1.73 bits per heavy atom. The van der Waals surface area contributed by atoms with E-state index in [1.165, 1.54) is 5.56 Å². The molecule has 0 saturated carbocycles. The monoisotopic (exact) mass is 417 g/mol. The molecule has 2 aromatic heterocycles. The number of nitrogens with zero attached hydrogens (tertiary/aromatic N) is 2. The molecule has 4 aromatic rings. The highest BCUT2D eigenvalue weighted by Gasteiger charge is 2.14. The van der Waals surface area contributed by atoms with Crippen molar-refractivity contribution in [2.75, 3.05) is 5.32 Å². The van der Waals surface area contributed by atoms with E-state index in [-0.39, 0.29) is 11.3 Å². The van der Waals surface area contributed by atoms with Gasteiger partial charge in [0.2, 0.25) is 0 Å². The van der Waals surface area contributed by atoms with Crippen molar-refractivity contribution in [2.24, 2.45) is 0 Å². The average Bonchev–Trinajstić information content (AvgIpc) is 3.19. The van der Waals surface area contributed by atoms with Crippen LogP contribution in [0, 0.1) is 0 Å². The number of fused-ring (bicyclic) bond motifs is 1. The minimum absolute atomic E-state index is 0.0656. The van der Waals surface area contributed by atoms with Crippen molar-refractivity contribution in [3.8, 4) is 10.6 Å². The van der Waals surface area contributed by atoms with Gasteiger partial charge in [0.05, 0.1) is 10.2 Å². The second-order valence-electron chi connectivity index (χ2n) is 7.72. The third-order valence-corrected chi connectivity index (χ3v) is 5.63. The van der Waals surface area contributed by atoms with Gasteiger partial charge in [0.1, 0.15) is 5.01 Å². The first-order valence-electron chi connectivity index (χ1n) is 10.1. The summed E-state index contributed by atoms with van der Waals surface area (Å²) in [5.74, 6) is -0.119. The minimum atomic E-state index is -0.119. The number of pyridine rings is 1. The van der Waals surface area contributed by atoms with E-state index in [1.807, 2.05) is 74.6 Å². The van der Waals surface area contributed by atoms with Crippen molar-refractivity contribution in [3.63, 3.8) is 0 Å². The molecule has 154 valence electrons. The lowest BCUT2D eigenvalue weighted by Crippen LogP contribution is -2.14. The van der Waals surface area contributed by atoms with Gasteiger partial charge >= 0.3 is 0 Å². The van der Waals surface area contributed by atoms with Gasteiger partial charge in [-0.15, -0.1) is 11.3 Å². The van der Waals surface area contributed by atoms with Gasteiger partial charge in [0.25, 0.3) is 5.91 Å². The van der Waals surface area contributed by atoms with Crippen molar-refractivity contribution in [1.29, 1.82) is 0 Å². The quantitative estimate of drug-likeness (QED) is 0.393. The van der Waals surface area contributed by atoms with Gasteiger partial charge in [0.15, 0.2) is 0 Å². The summed E-state index contributed by atoms with van der Waals surface area (Å²) >= 11 is 1.59. The summed E-state index contributed by atoms with van der Waals surface area (Å²) in [6.45, 7) is 10.5. The first-order valence-corrected chi connectivity index (χ1v) is 10.9. The molecule has 0 radical (unpaired) electrons. The number of aromatic nitrogens is 2. The van der Waals surface area contributed by atoms with Crippen LogP contribution in [0.3, 0.4) is 0 Å². The summed E-state index contributed by atoms with van der Waals surface area (Å²) in [6.07, 6.45) is 3.57. The molecule has 0 aliphatic rings. The Bertz CT molecular complexity index is 1110. The molecule has 0 aliphatic heterocycles. The predicted molar refractivity (Wildman–Crippen MR) is 127 cm³/mol. The molecular formula is C25H27N3OS. The zero-order chi connectivity index (χ0) is 21.7. The Kier molecular flexibility index (Phi) is 6.63. The summed E-state index contributed by atoms with van der Waals surface area (Å²) in [4.78, 5) is 21.4. The molecule has 2 aromatic carbocycles. The molecular weight excluding hydrogens is 390 g/mol. The Labute approximate surface area is 182 Å².